The summed E-state index contributed by atoms with van der Waals surface area (Å²) >= 11 is 0. The first-order valence-corrected chi connectivity index (χ1v) is 7.46. The first-order valence-electron chi connectivity index (χ1n) is 7.46. The molecule has 1 aromatic carbocycles. The van der Waals surface area contributed by atoms with Crippen molar-refractivity contribution in [2.24, 2.45) is 0 Å². The highest BCUT2D eigenvalue weighted by atomic mass is 16.5. The van der Waals surface area contributed by atoms with Gasteiger partial charge in [0.25, 0.3) is 0 Å². The minimum absolute atomic E-state index is 0.144. The molecule has 1 amide bonds. The molecule has 0 aliphatic carbocycles. The predicted octanol–water partition coefficient (Wildman–Crippen LogP) is -0.256. The zero-order valence-electron chi connectivity index (χ0n) is 13.0. The third-order valence-corrected chi connectivity index (χ3v) is 3.98. The Balaban J connectivity index is 2.07. The third kappa shape index (κ3) is 4.04. The molecule has 2 rings (SSSR count). The summed E-state index contributed by atoms with van der Waals surface area (Å²) in [5, 5.41) is 22.4. The number of carbonyl (C=O) groups excluding carboxylic acids is 1. The highest BCUT2D eigenvalue weighted by Gasteiger charge is 2.45. The van der Waals surface area contributed by atoms with E-state index in [0.29, 0.717) is 13.1 Å². The highest BCUT2D eigenvalue weighted by Crippen LogP contribution is 2.26. The highest BCUT2D eigenvalue weighted by molar-refractivity contribution is 5.72. The van der Waals surface area contributed by atoms with Gasteiger partial charge in [0.1, 0.15) is 12.2 Å². The molecule has 4 atom stereocenters. The van der Waals surface area contributed by atoms with Gasteiger partial charge in [0.15, 0.2) is 0 Å². The number of hydrogen-bond donors (Lipinski definition) is 3. The number of ether oxygens (including phenoxy) is 1. The van der Waals surface area contributed by atoms with Gasteiger partial charge >= 0.3 is 0 Å². The fourth-order valence-electron chi connectivity index (χ4n) is 2.91. The van der Waals surface area contributed by atoms with Crippen LogP contribution in [0.25, 0.3) is 0 Å². The Bertz CT molecular complexity index is 482. The first kappa shape index (κ1) is 16.9. The average Bonchev–Trinajstić information content (AvgIpc) is 2.82. The summed E-state index contributed by atoms with van der Waals surface area (Å²) in [4.78, 5) is 13.1. The smallest absolute Gasteiger partial charge is 0.216 e. The average molecular weight is 308 g/mol. The molecule has 22 heavy (non-hydrogen) atoms. The van der Waals surface area contributed by atoms with Crippen molar-refractivity contribution in [1.82, 2.24) is 10.2 Å². The molecular formula is C16H24N2O4. The lowest BCUT2D eigenvalue weighted by Crippen LogP contribution is -2.49. The van der Waals surface area contributed by atoms with Crippen molar-refractivity contribution in [2.45, 2.75) is 37.8 Å². The van der Waals surface area contributed by atoms with Crippen molar-refractivity contribution in [2.75, 3.05) is 20.2 Å². The molecule has 0 unspecified atom stereocenters. The summed E-state index contributed by atoms with van der Waals surface area (Å²) in [7, 11) is 1.91. The largest absolute Gasteiger partial charge is 0.394 e. The van der Waals surface area contributed by atoms with Crippen LogP contribution in [0.15, 0.2) is 30.3 Å². The van der Waals surface area contributed by atoms with E-state index in [9.17, 15) is 15.0 Å². The molecule has 3 N–H and O–H groups in total. The Morgan fingerprint density at radius 2 is 2.00 bits per heavy atom. The number of carbonyl (C=O) groups is 1. The molecule has 1 saturated heterocycles. The number of benzene rings is 1. The maximum absolute atomic E-state index is 11.1. The van der Waals surface area contributed by atoms with Crippen LogP contribution < -0.4 is 5.32 Å². The maximum Gasteiger partial charge on any atom is 0.216 e. The van der Waals surface area contributed by atoms with Gasteiger partial charge in [-0.3, -0.25) is 9.69 Å². The molecule has 0 radical (unpaired) electrons. The zero-order valence-corrected chi connectivity index (χ0v) is 13.0. The van der Waals surface area contributed by atoms with Crippen LogP contribution in [0.3, 0.4) is 0 Å². The van der Waals surface area contributed by atoms with E-state index in [1.807, 2.05) is 42.3 Å². The quantitative estimate of drug-likeness (QED) is 0.675. The van der Waals surface area contributed by atoms with Crippen LogP contribution in [0.5, 0.6) is 0 Å². The summed E-state index contributed by atoms with van der Waals surface area (Å²) in [6.45, 7) is 2.17. The lowest BCUT2D eigenvalue weighted by atomic mass is 10.0. The maximum atomic E-state index is 11.1. The van der Waals surface area contributed by atoms with Crippen LogP contribution in [0.1, 0.15) is 12.5 Å². The molecule has 122 valence electrons. The van der Waals surface area contributed by atoms with Gasteiger partial charge in [-0.05, 0) is 12.6 Å². The van der Waals surface area contributed by atoms with Gasteiger partial charge in [-0.2, -0.15) is 0 Å². The van der Waals surface area contributed by atoms with Gasteiger partial charge in [-0.1, -0.05) is 30.3 Å². The van der Waals surface area contributed by atoms with Crippen molar-refractivity contribution in [3.8, 4) is 0 Å². The third-order valence-electron chi connectivity index (χ3n) is 3.98. The van der Waals surface area contributed by atoms with E-state index < -0.39 is 12.2 Å². The van der Waals surface area contributed by atoms with Crippen LogP contribution in [0, 0.1) is 0 Å². The number of aliphatic hydroxyl groups excluding tert-OH is 2. The first-order chi connectivity index (χ1) is 10.5. The second kappa shape index (κ2) is 7.69. The minimum Gasteiger partial charge on any atom is -0.394 e. The topological polar surface area (TPSA) is 82.0 Å². The molecule has 6 nitrogen and oxygen atoms in total. The van der Waals surface area contributed by atoms with Gasteiger partial charge < -0.3 is 20.3 Å². The Morgan fingerprint density at radius 1 is 1.32 bits per heavy atom. The van der Waals surface area contributed by atoms with E-state index in [4.69, 9.17) is 4.74 Å². The van der Waals surface area contributed by atoms with E-state index in [1.54, 1.807) is 0 Å². The Morgan fingerprint density at radius 3 is 2.59 bits per heavy atom. The number of aliphatic hydroxyl groups is 2. The molecule has 6 heteroatoms. The molecule has 1 aliphatic heterocycles. The van der Waals surface area contributed by atoms with Crippen molar-refractivity contribution in [3.05, 3.63) is 35.9 Å². The SMILES string of the molecule is CC(=O)NC[C@@H]1O[C@@H](CO)[C@@H](O)[C@H]1N(C)Cc1ccccc1. The molecule has 1 aliphatic rings. The summed E-state index contributed by atoms with van der Waals surface area (Å²) in [6, 6.07) is 9.64. The van der Waals surface area contributed by atoms with E-state index in [1.165, 1.54) is 6.92 Å². The fraction of sp³-hybridized carbons (Fsp3) is 0.562. The number of nitrogens with zero attached hydrogens (tertiary/aromatic N) is 1. The second-order valence-corrected chi connectivity index (χ2v) is 5.71. The van der Waals surface area contributed by atoms with Crippen LogP contribution >= 0.6 is 0 Å². The molecule has 0 saturated carbocycles. The van der Waals surface area contributed by atoms with Crippen LogP contribution in [0.2, 0.25) is 0 Å². The van der Waals surface area contributed by atoms with E-state index >= 15 is 0 Å². The van der Waals surface area contributed by atoms with Crippen molar-refractivity contribution in [3.63, 3.8) is 0 Å². The summed E-state index contributed by atoms with van der Waals surface area (Å²) < 4.78 is 5.69. The van der Waals surface area contributed by atoms with Crippen molar-refractivity contribution in [1.29, 1.82) is 0 Å². The van der Waals surface area contributed by atoms with Crippen LogP contribution in [0.4, 0.5) is 0 Å². The number of amides is 1. The van der Waals surface area contributed by atoms with Crippen molar-refractivity contribution < 1.29 is 19.7 Å². The number of likely N-dealkylation sites (N-methyl/N-ethyl adjacent to an activating group) is 1. The Hall–Kier alpha value is -1.47. The lowest BCUT2D eigenvalue weighted by Gasteiger charge is -2.30. The molecule has 0 bridgehead atoms. The second-order valence-electron chi connectivity index (χ2n) is 5.71. The summed E-state index contributed by atoms with van der Waals surface area (Å²) in [6.07, 6.45) is -1.77. The molecule has 1 fully saturated rings. The zero-order chi connectivity index (χ0) is 16.1. The summed E-state index contributed by atoms with van der Waals surface area (Å²) in [5.41, 5.74) is 1.13. The van der Waals surface area contributed by atoms with E-state index in [-0.39, 0.29) is 24.7 Å². The van der Waals surface area contributed by atoms with Crippen LogP contribution in [-0.4, -0.2) is 65.6 Å². The standard InChI is InChI=1S/C16H24N2O4/c1-11(20)17-8-13-15(16(21)14(10-19)22-13)18(2)9-12-6-4-3-5-7-12/h3-7,13-16,19,21H,8-10H2,1-2H3,(H,17,20)/t13-,14-,15-,16+/m0/s1. The van der Waals surface area contributed by atoms with Gasteiger partial charge in [0, 0.05) is 20.0 Å². The van der Waals surface area contributed by atoms with Crippen molar-refractivity contribution >= 4 is 5.91 Å². The van der Waals surface area contributed by atoms with E-state index in [0.717, 1.165) is 5.56 Å². The Kier molecular flexibility index (Phi) is 5.90. The van der Waals surface area contributed by atoms with Gasteiger partial charge in [0.05, 0.1) is 18.8 Å². The predicted molar refractivity (Wildman–Crippen MR) is 82.1 cm³/mol. The summed E-state index contributed by atoms with van der Waals surface area (Å²) in [5.74, 6) is -0.144. The molecular weight excluding hydrogens is 284 g/mol. The molecule has 0 spiro atoms. The number of nitrogens with one attached hydrogen (secondary N) is 1. The lowest BCUT2D eigenvalue weighted by molar-refractivity contribution is -0.119. The molecule has 1 aromatic rings. The molecule has 1 heterocycles. The van der Waals surface area contributed by atoms with E-state index in [2.05, 4.69) is 5.32 Å². The normalized spacial score (nSPS) is 28.0. The minimum atomic E-state index is -0.794. The van der Waals surface area contributed by atoms with Gasteiger partial charge in [-0.15, -0.1) is 0 Å². The Labute approximate surface area is 130 Å². The van der Waals surface area contributed by atoms with Crippen LogP contribution in [-0.2, 0) is 16.1 Å². The monoisotopic (exact) mass is 308 g/mol. The molecule has 0 aromatic heterocycles. The number of rotatable bonds is 6. The fourth-order valence-corrected chi connectivity index (χ4v) is 2.91. The van der Waals surface area contributed by atoms with Gasteiger partial charge in [0.2, 0.25) is 5.91 Å². The van der Waals surface area contributed by atoms with Gasteiger partial charge in [-0.25, -0.2) is 0 Å². The number of hydrogen-bond acceptors (Lipinski definition) is 5.